The number of carbonyl (C=O) groups excluding carboxylic acids is 1. The molecule has 7 heteroatoms. The van der Waals surface area contributed by atoms with E-state index >= 15 is 0 Å². The molecule has 0 aliphatic heterocycles. The average molecular weight is 338 g/mol. The zero-order chi connectivity index (χ0) is 17.8. The van der Waals surface area contributed by atoms with Crippen molar-refractivity contribution >= 4 is 5.91 Å². The molecule has 1 aromatic carbocycles. The van der Waals surface area contributed by atoms with Crippen LogP contribution in [0.5, 0.6) is 0 Å². The summed E-state index contributed by atoms with van der Waals surface area (Å²) in [4.78, 5) is 16.5. The molecule has 0 aliphatic carbocycles. The Bertz CT molecular complexity index is 850. The van der Waals surface area contributed by atoms with Gasteiger partial charge >= 0.3 is 0 Å². The van der Waals surface area contributed by atoms with Crippen molar-refractivity contribution in [3.05, 3.63) is 59.9 Å². The van der Waals surface area contributed by atoms with E-state index in [0.717, 1.165) is 23.4 Å². The Hall–Kier alpha value is -2.96. The number of hydrogen-bond donors (Lipinski definition) is 1. The maximum absolute atomic E-state index is 12.5. The van der Waals surface area contributed by atoms with Crippen LogP contribution in [0.2, 0.25) is 0 Å². The summed E-state index contributed by atoms with van der Waals surface area (Å²) in [5, 5.41) is 11.5. The molecule has 1 N–H and O–H groups in total. The second kappa shape index (κ2) is 7.29. The van der Waals surface area contributed by atoms with E-state index in [0.29, 0.717) is 18.2 Å². The summed E-state index contributed by atoms with van der Waals surface area (Å²) >= 11 is 0. The van der Waals surface area contributed by atoms with Gasteiger partial charge in [-0.1, -0.05) is 32.0 Å². The van der Waals surface area contributed by atoms with Crippen LogP contribution in [0.4, 0.5) is 0 Å². The number of benzene rings is 1. The number of nitrogens with one attached hydrogen (secondary N) is 1. The van der Waals surface area contributed by atoms with Gasteiger partial charge in [-0.2, -0.15) is 10.2 Å². The molecule has 7 nitrogen and oxygen atoms in total. The molecule has 0 saturated carbocycles. The molecule has 0 spiro atoms. The summed E-state index contributed by atoms with van der Waals surface area (Å²) in [5.74, 6) is 0.360. The van der Waals surface area contributed by atoms with Gasteiger partial charge in [0, 0.05) is 13.6 Å². The lowest BCUT2D eigenvalue weighted by Gasteiger charge is -2.10. The lowest BCUT2D eigenvalue weighted by Crippen LogP contribution is -2.25. The SMILES string of the molecule is CC(C)Cc1cc(C(=O)NCc2ccccc2-n2cncn2)n(C)n1. The molecule has 0 radical (unpaired) electrons. The molecule has 0 bridgehead atoms. The van der Waals surface area contributed by atoms with Crippen molar-refractivity contribution in [1.82, 2.24) is 29.9 Å². The zero-order valence-corrected chi connectivity index (χ0v) is 14.7. The maximum Gasteiger partial charge on any atom is 0.269 e. The largest absolute Gasteiger partial charge is 0.347 e. The third kappa shape index (κ3) is 3.93. The van der Waals surface area contributed by atoms with Crippen LogP contribution < -0.4 is 5.32 Å². The molecule has 3 aromatic rings. The molecular weight excluding hydrogens is 316 g/mol. The Morgan fingerprint density at radius 2 is 2.08 bits per heavy atom. The van der Waals surface area contributed by atoms with Gasteiger partial charge in [0.25, 0.3) is 5.91 Å². The van der Waals surface area contributed by atoms with E-state index < -0.39 is 0 Å². The van der Waals surface area contributed by atoms with Gasteiger partial charge in [0.1, 0.15) is 18.3 Å². The lowest BCUT2D eigenvalue weighted by atomic mass is 10.1. The van der Waals surface area contributed by atoms with Gasteiger partial charge in [-0.3, -0.25) is 9.48 Å². The van der Waals surface area contributed by atoms with Crippen molar-refractivity contribution in [3.8, 4) is 5.69 Å². The van der Waals surface area contributed by atoms with E-state index in [-0.39, 0.29) is 5.91 Å². The lowest BCUT2D eigenvalue weighted by molar-refractivity contribution is 0.0941. The van der Waals surface area contributed by atoms with Crippen LogP contribution in [0, 0.1) is 5.92 Å². The van der Waals surface area contributed by atoms with Crippen LogP contribution in [0.15, 0.2) is 43.0 Å². The van der Waals surface area contributed by atoms with Gasteiger partial charge < -0.3 is 5.32 Å². The molecular formula is C18H22N6O. The van der Waals surface area contributed by atoms with Gasteiger partial charge in [0.15, 0.2) is 0 Å². The summed E-state index contributed by atoms with van der Waals surface area (Å²) < 4.78 is 3.32. The Balaban J connectivity index is 1.72. The molecule has 1 amide bonds. The van der Waals surface area contributed by atoms with Crippen LogP contribution >= 0.6 is 0 Å². The normalized spacial score (nSPS) is 11.0. The number of hydrogen-bond acceptors (Lipinski definition) is 4. The first-order chi connectivity index (χ1) is 12.0. The van der Waals surface area contributed by atoms with Crippen molar-refractivity contribution in [3.63, 3.8) is 0 Å². The van der Waals surface area contributed by atoms with Crippen molar-refractivity contribution in [2.24, 2.45) is 13.0 Å². The highest BCUT2D eigenvalue weighted by Crippen LogP contribution is 2.13. The van der Waals surface area contributed by atoms with Crippen molar-refractivity contribution < 1.29 is 4.79 Å². The fraction of sp³-hybridized carbons (Fsp3) is 0.333. The van der Waals surface area contributed by atoms with E-state index in [1.54, 1.807) is 22.7 Å². The monoisotopic (exact) mass is 338 g/mol. The minimum atomic E-state index is -0.140. The highest BCUT2D eigenvalue weighted by molar-refractivity contribution is 5.92. The van der Waals surface area contributed by atoms with Gasteiger partial charge in [0.05, 0.1) is 11.4 Å². The first-order valence-corrected chi connectivity index (χ1v) is 8.28. The summed E-state index contributed by atoms with van der Waals surface area (Å²) in [7, 11) is 1.79. The molecule has 0 fully saturated rings. The zero-order valence-electron chi connectivity index (χ0n) is 14.7. The Kier molecular flexibility index (Phi) is 4.92. The molecule has 0 saturated heterocycles. The average Bonchev–Trinajstić information content (AvgIpc) is 3.22. The van der Waals surface area contributed by atoms with Gasteiger partial charge in [-0.15, -0.1) is 0 Å². The highest BCUT2D eigenvalue weighted by atomic mass is 16.2. The topological polar surface area (TPSA) is 77.6 Å². The van der Waals surface area contributed by atoms with E-state index in [9.17, 15) is 4.79 Å². The van der Waals surface area contributed by atoms with E-state index in [2.05, 4.69) is 34.3 Å². The van der Waals surface area contributed by atoms with Crippen LogP contribution in [0.1, 0.15) is 35.6 Å². The number of nitrogens with zero attached hydrogens (tertiary/aromatic N) is 5. The number of carbonyl (C=O) groups is 1. The van der Waals surface area contributed by atoms with Gasteiger partial charge in [-0.25, -0.2) is 9.67 Å². The molecule has 3 rings (SSSR count). The van der Waals surface area contributed by atoms with Crippen molar-refractivity contribution in [2.45, 2.75) is 26.8 Å². The first-order valence-electron chi connectivity index (χ1n) is 8.28. The number of para-hydroxylation sites is 1. The van der Waals surface area contributed by atoms with Crippen LogP contribution in [-0.2, 0) is 20.0 Å². The second-order valence-corrected chi connectivity index (χ2v) is 6.39. The van der Waals surface area contributed by atoms with Crippen molar-refractivity contribution in [1.29, 1.82) is 0 Å². The molecule has 2 aromatic heterocycles. The van der Waals surface area contributed by atoms with Crippen LogP contribution in [0.3, 0.4) is 0 Å². The number of aromatic nitrogens is 5. The second-order valence-electron chi connectivity index (χ2n) is 6.39. The third-order valence-corrected chi connectivity index (χ3v) is 3.88. The smallest absolute Gasteiger partial charge is 0.269 e. The molecule has 0 aliphatic rings. The van der Waals surface area contributed by atoms with Gasteiger partial charge in [0.2, 0.25) is 0 Å². The summed E-state index contributed by atoms with van der Waals surface area (Å²) in [6.07, 6.45) is 3.98. The van der Waals surface area contributed by atoms with E-state index in [4.69, 9.17) is 0 Å². The number of rotatable bonds is 6. The Morgan fingerprint density at radius 3 is 2.80 bits per heavy atom. The maximum atomic E-state index is 12.5. The molecule has 0 atom stereocenters. The predicted octanol–water partition coefficient (Wildman–Crippen LogP) is 2.13. The fourth-order valence-electron chi connectivity index (χ4n) is 2.74. The van der Waals surface area contributed by atoms with E-state index in [1.165, 1.54) is 6.33 Å². The first kappa shape index (κ1) is 16.9. The van der Waals surface area contributed by atoms with Crippen LogP contribution in [-0.4, -0.2) is 30.5 Å². The minimum absolute atomic E-state index is 0.140. The molecule has 25 heavy (non-hydrogen) atoms. The van der Waals surface area contributed by atoms with E-state index in [1.807, 2.05) is 30.3 Å². The minimum Gasteiger partial charge on any atom is -0.347 e. The van der Waals surface area contributed by atoms with Crippen LogP contribution in [0.25, 0.3) is 5.69 Å². The third-order valence-electron chi connectivity index (χ3n) is 3.88. The Labute approximate surface area is 146 Å². The summed E-state index contributed by atoms with van der Waals surface area (Å²) in [5.41, 5.74) is 3.36. The van der Waals surface area contributed by atoms with Crippen molar-refractivity contribution in [2.75, 3.05) is 0 Å². The quantitative estimate of drug-likeness (QED) is 0.747. The molecule has 0 unspecified atom stereocenters. The molecule has 130 valence electrons. The predicted molar refractivity (Wildman–Crippen MR) is 94.3 cm³/mol. The fourth-order valence-corrected chi connectivity index (χ4v) is 2.74. The standard InChI is InChI=1S/C18H22N6O/c1-13(2)8-15-9-17(23(3)22-15)18(25)20-10-14-6-4-5-7-16(14)24-12-19-11-21-24/h4-7,9,11-13H,8,10H2,1-3H3,(H,20,25). The Morgan fingerprint density at radius 1 is 1.28 bits per heavy atom. The highest BCUT2D eigenvalue weighted by Gasteiger charge is 2.14. The molecule has 2 heterocycles. The number of amides is 1. The van der Waals surface area contributed by atoms with Gasteiger partial charge in [-0.05, 0) is 30.0 Å². The number of aryl methyl sites for hydroxylation is 1. The summed E-state index contributed by atoms with van der Waals surface area (Å²) in [6.45, 7) is 4.67. The summed E-state index contributed by atoms with van der Waals surface area (Å²) in [6, 6.07) is 9.64.